The van der Waals surface area contributed by atoms with Crippen molar-refractivity contribution in [1.82, 2.24) is 14.7 Å². The van der Waals surface area contributed by atoms with Crippen molar-refractivity contribution in [2.24, 2.45) is 0 Å². The van der Waals surface area contributed by atoms with Crippen molar-refractivity contribution in [3.63, 3.8) is 0 Å². The van der Waals surface area contributed by atoms with Crippen molar-refractivity contribution < 1.29 is 14.3 Å². The van der Waals surface area contributed by atoms with Crippen LogP contribution in [0.3, 0.4) is 0 Å². The number of nitrogens with zero attached hydrogens (tertiary/aromatic N) is 3. The van der Waals surface area contributed by atoms with Crippen LogP contribution in [-0.4, -0.2) is 72.1 Å². The number of rotatable bonds is 8. The molecule has 3 aromatic rings. The van der Waals surface area contributed by atoms with Crippen molar-refractivity contribution in [3.05, 3.63) is 90.0 Å². The summed E-state index contributed by atoms with van der Waals surface area (Å²) in [5.74, 6) is -0.0777. The molecule has 3 amide bonds. The van der Waals surface area contributed by atoms with E-state index in [9.17, 15) is 9.59 Å². The summed E-state index contributed by atoms with van der Waals surface area (Å²) in [6, 6.07) is 24.6. The Morgan fingerprint density at radius 1 is 0.917 bits per heavy atom. The second kappa shape index (κ2) is 10.6. The lowest BCUT2D eigenvalue weighted by Gasteiger charge is -2.42. The van der Waals surface area contributed by atoms with Crippen LogP contribution in [0.25, 0.3) is 16.8 Å². The smallest absolute Gasteiger partial charge is 0.328 e. The Balaban J connectivity index is 1.30. The maximum Gasteiger partial charge on any atom is 0.328 e. The number of likely N-dealkylation sites (tertiary alicyclic amines) is 1. The van der Waals surface area contributed by atoms with Gasteiger partial charge < -0.3 is 9.64 Å². The summed E-state index contributed by atoms with van der Waals surface area (Å²) in [6.07, 6.45) is 5.11. The summed E-state index contributed by atoms with van der Waals surface area (Å²) in [4.78, 5) is 32.7. The van der Waals surface area contributed by atoms with Gasteiger partial charge in [0, 0.05) is 39.8 Å². The number of carbonyl (C=O) groups excluding carboxylic acids is 2. The van der Waals surface area contributed by atoms with Gasteiger partial charge in [0.25, 0.3) is 5.91 Å². The van der Waals surface area contributed by atoms with E-state index in [2.05, 4.69) is 47.4 Å². The summed E-state index contributed by atoms with van der Waals surface area (Å²) in [7, 11) is 1.63. The van der Waals surface area contributed by atoms with Crippen molar-refractivity contribution in [3.8, 4) is 0 Å². The third-order valence-corrected chi connectivity index (χ3v) is 7.50. The Hall–Kier alpha value is -3.48. The fraction of sp³-hybridized carbons (Fsp3) is 0.333. The first kappa shape index (κ1) is 24.2. The molecule has 0 aromatic heterocycles. The Labute approximate surface area is 212 Å². The van der Waals surface area contributed by atoms with Gasteiger partial charge in [-0.05, 0) is 34.7 Å². The normalized spacial score (nSPS) is 18.2. The molecule has 0 atom stereocenters. The Morgan fingerprint density at radius 3 is 2.42 bits per heavy atom. The van der Waals surface area contributed by atoms with Crippen LogP contribution in [-0.2, 0) is 16.1 Å². The van der Waals surface area contributed by atoms with Gasteiger partial charge >= 0.3 is 6.03 Å². The monoisotopic (exact) mass is 483 g/mol. The molecule has 0 N–H and O–H groups in total. The van der Waals surface area contributed by atoms with E-state index in [1.165, 1.54) is 21.2 Å². The molecular weight excluding hydrogens is 450 g/mol. The lowest BCUT2D eigenvalue weighted by molar-refractivity contribution is -0.135. The molecule has 36 heavy (non-hydrogen) atoms. The molecule has 186 valence electrons. The highest BCUT2D eigenvalue weighted by Crippen LogP contribution is 2.37. The first-order valence-corrected chi connectivity index (χ1v) is 12.7. The minimum absolute atomic E-state index is 0.0777. The van der Waals surface area contributed by atoms with Crippen molar-refractivity contribution in [2.75, 3.05) is 39.9 Å². The summed E-state index contributed by atoms with van der Waals surface area (Å²) in [6.45, 7) is 3.47. The zero-order valence-electron chi connectivity index (χ0n) is 20.8. The standard InChI is InChI=1S/C30H33N3O3/c1-36-22-21-33-29(35)32(18-8-11-24-9-3-2-4-10-24)28(34)30(33)16-19-31(20-17-30)23-26-14-7-13-25-12-5-6-15-27(25)26/h2-15H,16-23H2,1H3. The highest BCUT2D eigenvalue weighted by atomic mass is 16.5. The Morgan fingerprint density at radius 2 is 1.64 bits per heavy atom. The molecule has 2 aliphatic rings. The predicted molar refractivity (Wildman–Crippen MR) is 142 cm³/mol. The van der Waals surface area contributed by atoms with E-state index in [-0.39, 0.29) is 18.5 Å². The molecular formula is C30H33N3O3. The van der Waals surface area contributed by atoms with E-state index in [0.29, 0.717) is 26.0 Å². The van der Waals surface area contributed by atoms with Crippen molar-refractivity contribution in [2.45, 2.75) is 24.9 Å². The molecule has 5 rings (SSSR count). The highest BCUT2D eigenvalue weighted by molar-refractivity contribution is 6.07. The lowest BCUT2D eigenvalue weighted by Crippen LogP contribution is -2.57. The lowest BCUT2D eigenvalue weighted by atomic mass is 9.85. The van der Waals surface area contributed by atoms with Crippen LogP contribution in [0, 0.1) is 0 Å². The van der Waals surface area contributed by atoms with Crippen LogP contribution in [0.2, 0.25) is 0 Å². The van der Waals surface area contributed by atoms with E-state index < -0.39 is 5.54 Å². The Bertz CT molecular complexity index is 1240. The predicted octanol–water partition coefficient (Wildman–Crippen LogP) is 4.80. The van der Waals surface area contributed by atoms with E-state index in [1.807, 2.05) is 42.5 Å². The molecule has 2 aliphatic heterocycles. The first-order chi connectivity index (χ1) is 17.6. The fourth-order valence-electron chi connectivity index (χ4n) is 5.53. The third-order valence-electron chi connectivity index (χ3n) is 7.50. The number of ether oxygens (including phenoxy) is 1. The second-order valence-corrected chi connectivity index (χ2v) is 9.60. The van der Waals surface area contributed by atoms with Crippen molar-refractivity contribution >= 4 is 28.8 Å². The van der Waals surface area contributed by atoms with Gasteiger partial charge in [-0.25, -0.2) is 4.79 Å². The summed E-state index contributed by atoms with van der Waals surface area (Å²) in [5, 5.41) is 2.51. The average molecular weight is 484 g/mol. The Kier molecular flexibility index (Phi) is 7.16. The number of carbonyl (C=O) groups is 2. The number of piperidine rings is 1. The minimum Gasteiger partial charge on any atom is -0.383 e. The number of hydrogen-bond donors (Lipinski definition) is 0. The molecule has 1 spiro atoms. The van der Waals surface area contributed by atoms with Gasteiger partial charge in [-0.15, -0.1) is 0 Å². The van der Waals surface area contributed by atoms with Crippen LogP contribution in [0.4, 0.5) is 4.79 Å². The van der Waals surface area contributed by atoms with Gasteiger partial charge in [0.05, 0.1) is 6.61 Å². The fourth-order valence-corrected chi connectivity index (χ4v) is 5.53. The maximum atomic E-state index is 13.7. The van der Waals surface area contributed by atoms with Crippen LogP contribution in [0.15, 0.2) is 78.9 Å². The second-order valence-electron chi connectivity index (χ2n) is 9.60. The molecule has 0 aliphatic carbocycles. The number of amides is 3. The number of urea groups is 1. The minimum atomic E-state index is -0.786. The zero-order chi connectivity index (χ0) is 25.0. The summed E-state index contributed by atoms with van der Waals surface area (Å²) in [5.41, 5.74) is 1.55. The number of benzene rings is 3. The molecule has 2 heterocycles. The van der Waals surface area contributed by atoms with Gasteiger partial charge in [-0.3, -0.25) is 14.6 Å². The molecule has 6 heteroatoms. The number of imide groups is 1. The van der Waals surface area contributed by atoms with E-state index in [4.69, 9.17) is 4.74 Å². The average Bonchev–Trinajstić information content (AvgIpc) is 3.10. The van der Waals surface area contributed by atoms with Crippen LogP contribution >= 0.6 is 0 Å². The van der Waals surface area contributed by atoms with Gasteiger partial charge in [0.1, 0.15) is 5.54 Å². The molecule has 2 saturated heterocycles. The number of fused-ring (bicyclic) bond motifs is 1. The molecule has 0 unspecified atom stereocenters. The molecule has 2 fully saturated rings. The third kappa shape index (κ3) is 4.66. The molecule has 0 bridgehead atoms. The molecule has 6 nitrogen and oxygen atoms in total. The van der Waals surface area contributed by atoms with E-state index >= 15 is 0 Å². The summed E-state index contributed by atoms with van der Waals surface area (Å²) >= 11 is 0. The first-order valence-electron chi connectivity index (χ1n) is 12.7. The largest absolute Gasteiger partial charge is 0.383 e. The molecule has 0 saturated carbocycles. The SMILES string of the molecule is COCCN1C(=O)N(CC=Cc2ccccc2)C(=O)C12CCN(Cc1cccc3ccccc13)CC2. The van der Waals surface area contributed by atoms with Gasteiger partial charge in [-0.1, -0.05) is 84.9 Å². The summed E-state index contributed by atoms with van der Waals surface area (Å²) < 4.78 is 5.29. The van der Waals surface area contributed by atoms with Gasteiger partial charge in [0.15, 0.2) is 0 Å². The highest BCUT2D eigenvalue weighted by Gasteiger charge is 2.57. The van der Waals surface area contributed by atoms with E-state index in [1.54, 1.807) is 12.0 Å². The number of methoxy groups -OCH3 is 1. The quantitative estimate of drug-likeness (QED) is 0.432. The van der Waals surface area contributed by atoms with Gasteiger partial charge in [-0.2, -0.15) is 0 Å². The zero-order valence-corrected chi connectivity index (χ0v) is 20.8. The number of hydrogen-bond acceptors (Lipinski definition) is 4. The van der Waals surface area contributed by atoms with Crippen LogP contribution in [0.1, 0.15) is 24.0 Å². The van der Waals surface area contributed by atoms with Gasteiger partial charge in [0.2, 0.25) is 0 Å². The molecule has 0 radical (unpaired) electrons. The van der Waals surface area contributed by atoms with Crippen LogP contribution in [0.5, 0.6) is 0 Å². The van der Waals surface area contributed by atoms with E-state index in [0.717, 1.165) is 25.2 Å². The maximum absolute atomic E-state index is 13.7. The molecule has 3 aromatic carbocycles. The van der Waals surface area contributed by atoms with Crippen LogP contribution < -0.4 is 0 Å². The van der Waals surface area contributed by atoms with Crippen molar-refractivity contribution in [1.29, 1.82) is 0 Å². The topological polar surface area (TPSA) is 53.1 Å².